The lowest BCUT2D eigenvalue weighted by molar-refractivity contribution is -0.144. The van der Waals surface area contributed by atoms with Gasteiger partial charge < -0.3 is 83.7 Å². The number of hydrogen-bond donors (Lipinski definition) is 16. The molecule has 2 aromatic carbocycles. The number of aromatic nitrogens is 1. The van der Waals surface area contributed by atoms with Crippen molar-refractivity contribution in [2.24, 2.45) is 17.8 Å². The van der Waals surface area contributed by atoms with Crippen LogP contribution in [0.2, 0.25) is 0 Å². The number of benzene rings is 2. The molecular formula is C61H82N14O17S2. The number of nitrogens with zero attached hydrogens (tertiary/aromatic N) is 2. The molecular weight excluding hydrogens is 1260 g/mol. The van der Waals surface area contributed by atoms with Gasteiger partial charge >= 0.3 is 0 Å². The van der Waals surface area contributed by atoms with E-state index >= 15 is 4.79 Å². The molecule has 5 heterocycles. The largest absolute Gasteiger partial charge is 0.394 e. The second kappa shape index (κ2) is 32.9. The molecule has 2 saturated heterocycles. The number of fused-ring (bicyclic) bond motifs is 5. The quantitative estimate of drug-likeness (QED) is 0.0429. The van der Waals surface area contributed by atoms with Crippen LogP contribution in [-0.2, 0) is 80.1 Å². The Morgan fingerprint density at radius 1 is 0.734 bits per heavy atom. The summed E-state index contributed by atoms with van der Waals surface area (Å²) in [5.41, 5.74) is 1.68. The van der Waals surface area contributed by atoms with Crippen molar-refractivity contribution in [3.8, 4) is 0 Å². The number of carbonyl (C=O) groups is 14. The molecule has 4 aliphatic heterocycles. The van der Waals surface area contributed by atoms with Gasteiger partial charge in [-0.2, -0.15) is 12.6 Å². The van der Waals surface area contributed by atoms with Gasteiger partial charge in [-0.05, 0) is 48.1 Å². The Balaban J connectivity index is 1.13. The fraction of sp³-hybridized carbons (Fsp3) is 0.541. The Morgan fingerprint density at radius 3 is 2.07 bits per heavy atom. The lowest BCUT2D eigenvalue weighted by Crippen LogP contribution is -2.62. The Labute approximate surface area is 550 Å². The molecule has 0 radical (unpaired) electrons. The molecule has 94 heavy (non-hydrogen) atoms. The number of imide groups is 1. The van der Waals surface area contributed by atoms with Gasteiger partial charge in [0.2, 0.25) is 82.7 Å². The average Bonchev–Trinajstić information content (AvgIpc) is 1.64. The van der Waals surface area contributed by atoms with Crippen LogP contribution in [0.1, 0.15) is 84.8 Å². The zero-order chi connectivity index (χ0) is 68.8. The number of carbonyl (C=O) groups excluding carboxylic acids is 14. The number of hydrogen-bond acceptors (Lipinski definition) is 19. The number of rotatable bonds is 18. The second-order valence-electron chi connectivity index (χ2n) is 24.1. The van der Waals surface area contributed by atoms with E-state index in [1.54, 1.807) is 64.1 Å². The third-order valence-electron chi connectivity index (χ3n) is 16.8. The summed E-state index contributed by atoms with van der Waals surface area (Å²) in [6.45, 7) is 6.32. The molecule has 7 rings (SSSR count). The minimum absolute atomic E-state index is 0.0822. The van der Waals surface area contributed by atoms with E-state index in [1.807, 2.05) is 0 Å². The summed E-state index contributed by atoms with van der Waals surface area (Å²) in [5, 5.41) is 60.8. The van der Waals surface area contributed by atoms with Crippen molar-refractivity contribution in [3.63, 3.8) is 0 Å². The maximum atomic E-state index is 15.0. The smallest absolute Gasteiger partial charge is 0.246 e. The van der Waals surface area contributed by atoms with E-state index < -0.39 is 205 Å². The van der Waals surface area contributed by atoms with Crippen molar-refractivity contribution in [1.29, 1.82) is 0 Å². The van der Waals surface area contributed by atoms with Crippen LogP contribution in [0, 0.1) is 17.8 Å². The molecule has 0 saturated carbocycles. The fourth-order valence-electron chi connectivity index (χ4n) is 11.0. The number of H-pyrrole nitrogens is 1. The van der Waals surface area contributed by atoms with E-state index in [9.17, 15) is 77.6 Å². The molecule has 510 valence electrons. The first-order valence-electron chi connectivity index (χ1n) is 30.9. The van der Waals surface area contributed by atoms with Gasteiger partial charge in [0.25, 0.3) is 0 Å². The molecule has 0 spiro atoms. The second-order valence-corrected chi connectivity index (χ2v) is 25.8. The lowest BCUT2D eigenvalue weighted by Gasteiger charge is -2.33. The normalized spacial score (nSPS) is 24.6. The zero-order valence-electron chi connectivity index (χ0n) is 52.7. The number of thiol groups is 1. The molecule has 2 bridgehead atoms. The molecule has 33 heteroatoms. The summed E-state index contributed by atoms with van der Waals surface area (Å²) in [6, 6.07) is 1.17. The average molecular weight is 1350 g/mol. The Kier molecular flexibility index (Phi) is 25.5. The number of nitrogens with one attached hydrogen (secondary N) is 12. The first-order valence-corrected chi connectivity index (χ1v) is 32.4. The predicted octanol–water partition coefficient (Wildman–Crippen LogP) is -3.78. The SMILES string of the molecule is CCC(C)C1NC(=O)CNC(=O)C2Cc3c([nH]c4ccccc34)SCC(NC(=O)CNC1=O)C(=O)NC(CC(=O)NCc1ccc(NC(=O)[C@H](C)NC(=O)[C@@H](NC(=O)CCN3C(=O)CC(S)C3=O)C(C)C)cc1)C(=O)N1CC(O)CC1C(=O)NC(C(C)C(O)CO)C(=O)N2. The summed E-state index contributed by atoms with van der Waals surface area (Å²) in [6.07, 6.45) is -4.57. The first kappa shape index (κ1) is 72.8. The topological polar surface area (TPSA) is 454 Å². The van der Waals surface area contributed by atoms with Crippen LogP contribution in [0.5, 0.6) is 0 Å². The predicted molar refractivity (Wildman–Crippen MR) is 341 cm³/mol. The van der Waals surface area contributed by atoms with Crippen LogP contribution in [0.3, 0.4) is 0 Å². The number of aliphatic hydroxyl groups is 3. The van der Waals surface area contributed by atoms with Crippen molar-refractivity contribution in [2.75, 3.05) is 43.9 Å². The molecule has 0 aliphatic carbocycles. The van der Waals surface area contributed by atoms with Gasteiger partial charge in [-0.3, -0.25) is 72.0 Å². The standard InChI is InChI=1S/C61H82N14O17S2/c1-7-29(4)50-56(88)64-23-46(81)67-40-27-94-59-36(35-10-8-9-11-37(35)70-59)19-38(53(85)63-24-47(82)72-50)68-58(90)51(30(5)42(78)26-76)73-55(87)41-18-34(77)25-75(41)60(91)39(69-54(40)86)20-45(80)62-22-32-12-14-33(15-13-32)66-52(84)31(6)65-57(89)49(28(2)3)71-44(79)16-17-74-48(83)21-43(93)61(74)92/h8-15,28-31,34,38-43,49-51,70,76-78,93H,7,16-27H2,1-6H3,(H,62,80)(H,63,85)(H,64,88)(H,65,89)(H,66,84)(H,67,81)(H,68,90)(H,69,86)(H,71,79)(H,72,82)(H,73,87)/t29?,30?,31-,34?,38?,39?,40?,41?,42?,43?,49-,50?,51?/m0/s1. The van der Waals surface area contributed by atoms with Crippen molar-refractivity contribution in [3.05, 3.63) is 59.7 Å². The summed E-state index contributed by atoms with van der Waals surface area (Å²) in [4.78, 5) is 198. The minimum atomic E-state index is -1.84. The number of para-hydroxylation sites is 1. The van der Waals surface area contributed by atoms with Gasteiger partial charge in [-0.15, -0.1) is 11.8 Å². The van der Waals surface area contributed by atoms with Crippen LogP contribution in [0.4, 0.5) is 5.69 Å². The van der Waals surface area contributed by atoms with Gasteiger partial charge in [0.1, 0.15) is 48.3 Å². The molecule has 2 fully saturated rings. The lowest BCUT2D eigenvalue weighted by atomic mass is 9.93. The molecule has 31 nitrogen and oxygen atoms in total. The van der Waals surface area contributed by atoms with Crippen LogP contribution >= 0.6 is 24.4 Å². The Hall–Kier alpha value is -8.66. The van der Waals surface area contributed by atoms with E-state index in [-0.39, 0.29) is 43.8 Å². The highest BCUT2D eigenvalue weighted by Gasteiger charge is 2.45. The number of anilines is 1. The van der Waals surface area contributed by atoms with E-state index in [1.165, 1.54) is 26.0 Å². The summed E-state index contributed by atoms with van der Waals surface area (Å²) in [7, 11) is 0. The van der Waals surface area contributed by atoms with Crippen LogP contribution < -0.4 is 58.5 Å². The number of thioether (sulfide) groups is 1. The van der Waals surface area contributed by atoms with Crippen LogP contribution in [0.25, 0.3) is 10.9 Å². The van der Waals surface area contributed by atoms with E-state index in [0.29, 0.717) is 33.5 Å². The summed E-state index contributed by atoms with van der Waals surface area (Å²) < 4.78 is 0. The van der Waals surface area contributed by atoms with E-state index in [0.717, 1.165) is 21.6 Å². The highest BCUT2D eigenvalue weighted by Crippen LogP contribution is 2.32. The van der Waals surface area contributed by atoms with Gasteiger partial charge in [0, 0.05) is 73.6 Å². The highest BCUT2D eigenvalue weighted by molar-refractivity contribution is 7.99. The third kappa shape index (κ3) is 18.8. The van der Waals surface area contributed by atoms with E-state index in [2.05, 4.69) is 76.1 Å². The maximum Gasteiger partial charge on any atom is 0.246 e. The fourth-order valence-corrected chi connectivity index (χ4v) is 12.4. The number of aliphatic hydroxyl groups excluding tert-OH is 3. The van der Waals surface area contributed by atoms with Crippen molar-refractivity contribution in [2.45, 2.75) is 157 Å². The minimum Gasteiger partial charge on any atom is -0.394 e. The molecule has 1 aromatic heterocycles. The molecule has 14 amide bonds. The van der Waals surface area contributed by atoms with Crippen molar-refractivity contribution in [1.82, 2.24) is 68.0 Å². The van der Waals surface area contributed by atoms with Crippen molar-refractivity contribution < 1.29 is 82.4 Å². The maximum absolute atomic E-state index is 15.0. The molecule has 13 atom stereocenters. The van der Waals surface area contributed by atoms with E-state index in [4.69, 9.17) is 0 Å². The zero-order valence-corrected chi connectivity index (χ0v) is 54.4. The molecule has 15 N–H and O–H groups in total. The highest BCUT2D eigenvalue weighted by atomic mass is 32.2. The number of amides is 14. The first-order chi connectivity index (χ1) is 44.6. The monoisotopic (exact) mass is 1350 g/mol. The van der Waals surface area contributed by atoms with Gasteiger partial charge in [-0.1, -0.05) is 71.4 Å². The van der Waals surface area contributed by atoms with Gasteiger partial charge in [-0.25, -0.2) is 0 Å². The van der Waals surface area contributed by atoms with Gasteiger partial charge in [0.05, 0.1) is 48.6 Å². The Bertz CT molecular complexity index is 3390. The summed E-state index contributed by atoms with van der Waals surface area (Å²) >= 11 is 5.07. The summed E-state index contributed by atoms with van der Waals surface area (Å²) in [5.74, 6) is -13.9. The third-order valence-corrected chi connectivity index (χ3v) is 18.3. The molecule has 11 unspecified atom stereocenters. The molecule has 3 aromatic rings. The number of likely N-dealkylation sites (tertiary alicyclic amines) is 1. The van der Waals surface area contributed by atoms with Crippen LogP contribution in [0.15, 0.2) is 53.6 Å². The van der Waals surface area contributed by atoms with Crippen molar-refractivity contribution >= 4 is 124 Å². The van der Waals surface area contributed by atoms with Gasteiger partial charge in [0.15, 0.2) is 0 Å². The van der Waals surface area contributed by atoms with Crippen LogP contribution in [-0.4, -0.2) is 217 Å². The number of aromatic amines is 1. The Morgan fingerprint density at radius 2 is 1.41 bits per heavy atom. The molecule has 4 aliphatic rings.